The predicted molar refractivity (Wildman–Crippen MR) is 100 cm³/mol. The summed E-state index contributed by atoms with van der Waals surface area (Å²) in [6, 6.07) is 7.36. The highest BCUT2D eigenvalue weighted by atomic mass is 16.3. The maximum atomic E-state index is 9.36. The lowest BCUT2D eigenvalue weighted by molar-refractivity contribution is 0.284. The lowest BCUT2D eigenvalue weighted by atomic mass is 9.89. The Morgan fingerprint density at radius 3 is 2.71 bits per heavy atom. The molecule has 1 aromatic heterocycles. The molecule has 1 aliphatic carbocycles. The highest BCUT2D eigenvalue weighted by Crippen LogP contribution is 2.34. The van der Waals surface area contributed by atoms with Gasteiger partial charge >= 0.3 is 0 Å². The zero-order valence-electron chi connectivity index (χ0n) is 14.6. The average molecular weight is 327 g/mol. The summed E-state index contributed by atoms with van der Waals surface area (Å²) in [5.41, 5.74) is 8.69. The molecule has 3 rings (SSSR count). The molecule has 1 fully saturated rings. The molecule has 4 heteroatoms. The van der Waals surface area contributed by atoms with Gasteiger partial charge in [0.05, 0.1) is 0 Å². The summed E-state index contributed by atoms with van der Waals surface area (Å²) in [5, 5.41) is 11.9. The summed E-state index contributed by atoms with van der Waals surface area (Å²) in [6.07, 6.45) is 10.2. The van der Waals surface area contributed by atoms with Crippen molar-refractivity contribution in [2.24, 2.45) is 5.73 Å². The molecule has 0 saturated heterocycles. The van der Waals surface area contributed by atoms with E-state index in [2.05, 4.69) is 35.0 Å². The molecule has 4 nitrogen and oxygen atoms in total. The summed E-state index contributed by atoms with van der Waals surface area (Å²) >= 11 is 0. The second kappa shape index (κ2) is 7.95. The molecular formula is C20H29N3O. The molecule has 2 aromatic rings. The molecule has 0 radical (unpaired) electrons. The normalized spacial score (nSPS) is 21.1. The minimum absolute atomic E-state index is 0.232. The average Bonchev–Trinajstić information content (AvgIpc) is 2.63. The van der Waals surface area contributed by atoms with Gasteiger partial charge in [0, 0.05) is 54.1 Å². The van der Waals surface area contributed by atoms with E-state index >= 15 is 0 Å². The number of anilines is 1. The number of aromatic nitrogens is 1. The zero-order chi connectivity index (χ0) is 16.9. The van der Waals surface area contributed by atoms with Crippen LogP contribution in [0.4, 0.5) is 5.69 Å². The molecule has 1 heterocycles. The topological polar surface area (TPSA) is 62.4 Å². The molecule has 130 valence electrons. The molecule has 0 bridgehead atoms. The van der Waals surface area contributed by atoms with Crippen molar-refractivity contribution in [2.45, 2.75) is 57.5 Å². The lowest BCUT2D eigenvalue weighted by Crippen LogP contribution is -2.42. The largest absolute Gasteiger partial charge is 0.396 e. The van der Waals surface area contributed by atoms with Gasteiger partial charge in [-0.15, -0.1) is 0 Å². The number of aliphatic hydroxyl groups is 1. The molecule has 0 amide bonds. The third kappa shape index (κ3) is 3.55. The number of nitrogens with two attached hydrogens (primary N) is 1. The number of rotatable bonds is 6. The quantitative estimate of drug-likeness (QED) is 0.855. The Balaban J connectivity index is 2.02. The minimum atomic E-state index is 0.232. The van der Waals surface area contributed by atoms with Crippen molar-refractivity contribution in [3.8, 4) is 0 Å². The first-order chi connectivity index (χ1) is 11.7. The van der Waals surface area contributed by atoms with E-state index < -0.39 is 0 Å². The third-order valence-electron chi connectivity index (χ3n) is 5.27. The Kier molecular flexibility index (Phi) is 5.69. The summed E-state index contributed by atoms with van der Waals surface area (Å²) in [6.45, 7) is 3.31. The van der Waals surface area contributed by atoms with Crippen LogP contribution >= 0.6 is 0 Å². The molecule has 0 spiro atoms. The number of hydrogen-bond donors (Lipinski definition) is 2. The molecule has 24 heavy (non-hydrogen) atoms. The van der Waals surface area contributed by atoms with Crippen LogP contribution in [0.15, 0.2) is 30.6 Å². The number of pyridine rings is 1. The molecule has 1 aromatic carbocycles. The van der Waals surface area contributed by atoms with E-state index in [1.165, 1.54) is 22.0 Å². The first-order valence-electron chi connectivity index (χ1n) is 9.23. The van der Waals surface area contributed by atoms with Crippen molar-refractivity contribution in [2.75, 3.05) is 18.1 Å². The van der Waals surface area contributed by atoms with E-state index in [-0.39, 0.29) is 6.61 Å². The van der Waals surface area contributed by atoms with E-state index in [0.717, 1.165) is 45.1 Å². The Morgan fingerprint density at radius 2 is 2.00 bits per heavy atom. The second-order valence-corrected chi connectivity index (χ2v) is 6.87. The van der Waals surface area contributed by atoms with Crippen LogP contribution in [0.3, 0.4) is 0 Å². The predicted octanol–water partition coefficient (Wildman–Crippen LogP) is 3.26. The number of benzene rings is 1. The highest BCUT2D eigenvalue weighted by molar-refractivity contribution is 5.96. The van der Waals surface area contributed by atoms with Crippen molar-refractivity contribution in [1.29, 1.82) is 0 Å². The van der Waals surface area contributed by atoms with Gasteiger partial charge in [-0.3, -0.25) is 4.98 Å². The zero-order valence-corrected chi connectivity index (χ0v) is 14.6. The number of aliphatic hydroxyl groups excluding tert-OH is 1. The Hall–Kier alpha value is -1.65. The van der Waals surface area contributed by atoms with Crippen molar-refractivity contribution >= 4 is 16.5 Å². The Labute approximate surface area is 144 Å². The fourth-order valence-electron chi connectivity index (χ4n) is 3.95. The van der Waals surface area contributed by atoms with Crippen molar-refractivity contribution in [3.05, 3.63) is 36.2 Å². The van der Waals surface area contributed by atoms with E-state index in [9.17, 15) is 5.11 Å². The first kappa shape index (κ1) is 17.2. The van der Waals surface area contributed by atoms with Crippen molar-refractivity contribution in [3.63, 3.8) is 0 Å². The smallest absolute Gasteiger partial charge is 0.0452 e. The molecule has 1 aliphatic rings. The van der Waals surface area contributed by atoms with Crippen LogP contribution in [0.25, 0.3) is 10.8 Å². The summed E-state index contributed by atoms with van der Waals surface area (Å²) in [4.78, 5) is 6.91. The van der Waals surface area contributed by atoms with Gasteiger partial charge in [0.25, 0.3) is 0 Å². The first-order valence-corrected chi connectivity index (χ1v) is 9.23. The van der Waals surface area contributed by atoms with Crippen LogP contribution in [0.5, 0.6) is 0 Å². The lowest BCUT2D eigenvalue weighted by Gasteiger charge is -2.38. The maximum Gasteiger partial charge on any atom is 0.0452 e. The monoisotopic (exact) mass is 327 g/mol. The standard InChI is InChI=1S/C20H29N3O/c1-2-15-13-22-14-16-5-3-6-19(20(15)16)23(11-4-12-24)18-9-7-17(21)8-10-18/h3,5-6,13-14,17-18,24H,2,4,7-12,21H2,1H3. The van der Waals surface area contributed by atoms with E-state index in [1.54, 1.807) is 0 Å². The van der Waals surface area contributed by atoms with Gasteiger partial charge in [-0.25, -0.2) is 0 Å². The second-order valence-electron chi connectivity index (χ2n) is 6.87. The molecule has 1 saturated carbocycles. The van der Waals surface area contributed by atoms with E-state index in [4.69, 9.17) is 5.73 Å². The summed E-state index contributed by atoms with van der Waals surface area (Å²) in [5.74, 6) is 0. The van der Waals surface area contributed by atoms with Gasteiger partial charge < -0.3 is 15.7 Å². The Bertz CT molecular complexity index is 660. The summed E-state index contributed by atoms with van der Waals surface area (Å²) in [7, 11) is 0. The van der Waals surface area contributed by atoms with Gasteiger partial charge in [-0.2, -0.15) is 0 Å². The number of fused-ring (bicyclic) bond motifs is 1. The number of hydrogen-bond acceptors (Lipinski definition) is 4. The van der Waals surface area contributed by atoms with Gasteiger partial charge in [0.2, 0.25) is 0 Å². The van der Waals surface area contributed by atoms with Gasteiger partial charge in [0.1, 0.15) is 0 Å². The van der Waals surface area contributed by atoms with Crippen LogP contribution in [-0.2, 0) is 6.42 Å². The molecular weight excluding hydrogens is 298 g/mol. The molecule has 3 N–H and O–H groups in total. The SMILES string of the molecule is CCc1cncc2cccc(N(CCCO)C3CCC(N)CC3)c12. The van der Waals surface area contributed by atoms with Gasteiger partial charge in [-0.1, -0.05) is 19.1 Å². The maximum absolute atomic E-state index is 9.36. The minimum Gasteiger partial charge on any atom is -0.396 e. The van der Waals surface area contributed by atoms with Gasteiger partial charge in [0.15, 0.2) is 0 Å². The van der Waals surface area contributed by atoms with E-state index in [1.807, 2.05) is 12.4 Å². The van der Waals surface area contributed by atoms with Crippen LogP contribution in [0.1, 0.15) is 44.6 Å². The van der Waals surface area contributed by atoms with Gasteiger partial charge in [-0.05, 0) is 50.2 Å². The Morgan fingerprint density at radius 1 is 1.21 bits per heavy atom. The fraction of sp³-hybridized carbons (Fsp3) is 0.550. The summed E-state index contributed by atoms with van der Waals surface area (Å²) < 4.78 is 0. The highest BCUT2D eigenvalue weighted by Gasteiger charge is 2.25. The van der Waals surface area contributed by atoms with Crippen LogP contribution in [0.2, 0.25) is 0 Å². The number of nitrogens with zero attached hydrogens (tertiary/aromatic N) is 2. The van der Waals surface area contributed by atoms with Crippen molar-refractivity contribution in [1.82, 2.24) is 4.98 Å². The third-order valence-corrected chi connectivity index (χ3v) is 5.27. The molecule has 0 aliphatic heterocycles. The van der Waals surface area contributed by atoms with Crippen LogP contribution < -0.4 is 10.6 Å². The fourth-order valence-corrected chi connectivity index (χ4v) is 3.95. The van der Waals surface area contributed by atoms with Crippen molar-refractivity contribution < 1.29 is 5.11 Å². The number of aryl methyl sites for hydroxylation is 1. The van der Waals surface area contributed by atoms with Crippen LogP contribution in [0, 0.1) is 0 Å². The molecule has 0 atom stereocenters. The molecule has 0 unspecified atom stereocenters. The van der Waals surface area contributed by atoms with Crippen LogP contribution in [-0.4, -0.2) is 35.3 Å². The van der Waals surface area contributed by atoms with E-state index in [0.29, 0.717) is 12.1 Å².